The quantitative estimate of drug-likeness (QED) is 0.746. The van der Waals surface area contributed by atoms with E-state index in [9.17, 15) is 4.79 Å². The SMILES string of the molecule is Cc1nnc(-c2ccc3cnc(NC(=O)CN4CCC(C)CC4)cc3c2)s1. The largest absolute Gasteiger partial charge is 0.310 e. The molecule has 6 nitrogen and oxygen atoms in total. The summed E-state index contributed by atoms with van der Waals surface area (Å²) in [7, 11) is 0. The zero-order chi connectivity index (χ0) is 18.8. The average molecular weight is 382 g/mol. The standard InChI is InChI=1S/C20H23N5OS/c1-13-5-7-25(8-6-13)12-19(26)22-18-10-17-9-15(3-4-16(17)11-21-18)20-24-23-14(2)27-20/h3-4,9-11,13H,5-8,12H2,1-2H3,(H,21,22,26). The first-order valence-electron chi connectivity index (χ1n) is 9.29. The lowest BCUT2D eigenvalue weighted by Crippen LogP contribution is -2.38. The molecule has 140 valence electrons. The summed E-state index contributed by atoms with van der Waals surface area (Å²) in [6.45, 7) is 6.63. The molecule has 1 fully saturated rings. The molecule has 3 aromatic rings. The second-order valence-electron chi connectivity index (χ2n) is 7.26. The van der Waals surface area contributed by atoms with Gasteiger partial charge in [-0.2, -0.15) is 0 Å². The predicted octanol–water partition coefficient (Wildman–Crippen LogP) is 3.73. The van der Waals surface area contributed by atoms with Crippen LogP contribution in [0, 0.1) is 12.8 Å². The van der Waals surface area contributed by atoms with Crippen molar-refractivity contribution in [3.63, 3.8) is 0 Å². The zero-order valence-electron chi connectivity index (χ0n) is 15.6. The van der Waals surface area contributed by atoms with Crippen LogP contribution in [0.5, 0.6) is 0 Å². The number of rotatable bonds is 4. The molecule has 1 N–H and O–H groups in total. The van der Waals surface area contributed by atoms with Gasteiger partial charge in [-0.3, -0.25) is 9.69 Å². The number of nitrogens with one attached hydrogen (secondary N) is 1. The van der Waals surface area contributed by atoms with Crippen LogP contribution in [-0.2, 0) is 4.79 Å². The third-order valence-electron chi connectivity index (χ3n) is 5.01. The van der Waals surface area contributed by atoms with Crippen molar-refractivity contribution >= 4 is 33.8 Å². The molecule has 1 aliphatic rings. The van der Waals surface area contributed by atoms with Crippen molar-refractivity contribution in [3.8, 4) is 10.6 Å². The maximum absolute atomic E-state index is 12.4. The summed E-state index contributed by atoms with van der Waals surface area (Å²) in [6, 6.07) is 8.04. The number of hydrogen-bond acceptors (Lipinski definition) is 6. The fraction of sp³-hybridized carbons (Fsp3) is 0.400. The fourth-order valence-corrected chi connectivity index (χ4v) is 4.05. The number of aromatic nitrogens is 3. The van der Waals surface area contributed by atoms with Crippen LogP contribution in [0.1, 0.15) is 24.8 Å². The molecule has 0 aliphatic carbocycles. The van der Waals surface area contributed by atoms with E-state index in [0.29, 0.717) is 12.4 Å². The highest BCUT2D eigenvalue weighted by molar-refractivity contribution is 7.14. The van der Waals surface area contributed by atoms with E-state index in [4.69, 9.17) is 0 Å². The number of amides is 1. The number of hydrogen-bond donors (Lipinski definition) is 1. The number of nitrogens with zero attached hydrogens (tertiary/aromatic N) is 4. The van der Waals surface area contributed by atoms with E-state index in [2.05, 4.69) is 38.4 Å². The monoisotopic (exact) mass is 381 g/mol. The van der Waals surface area contributed by atoms with E-state index in [0.717, 1.165) is 58.2 Å². The van der Waals surface area contributed by atoms with Gasteiger partial charge in [0.1, 0.15) is 15.8 Å². The molecule has 27 heavy (non-hydrogen) atoms. The Kier molecular flexibility index (Phi) is 5.13. The number of piperidine rings is 1. The molecule has 0 saturated carbocycles. The Bertz CT molecular complexity index is 962. The van der Waals surface area contributed by atoms with Crippen molar-refractivity contribution in [1.82, 2.24) is 20.1 Å². The molecule has 0 unspecified atom stereocenters. The van der Waals surface area contributed by atoms with Gasteiger partial charge < -0.3 is 5.32 Å². The molecule has 0 radical (unpaired) electrons. The van der Waals surface area contributed by atoms with E-state index in [1.807, 2.05) is 25.1 Å². The molecular weight excluding hydrogens is 358 g/mol. The molecule has 1 saturated heterocycles. The number of benzene rings is 1. The minimum atomic E-state index is -0.00712. The summed E-state index contributed by atoms with van der Waals surface area (Å²) in [5.74, 6) is 1.34. The highest BCUT2D eigenvalue weighted by atomic mass is 32.1. The Morgan fingerprint density at radius 1 is 1.22 bits per heavy atom. The van der Waals surface area contributed by atoms with Gasteiger partial charge in [0.05, 0.1) is 6.54 Å². The highest BCUT2D eigenvalue weighted by Gasteiger charge is 2.18. The van der Waals surface area contributed by atoms with Gasteiger partial charge in [-0.25, -0.2) is 4.98 Å². The van der Waals surface area contributed by atoms with Crippen LogP contribution in [0.2, 0.25) is 0 Å². The minimum absolute atomic E-state index is 0.00712. The van der Waals surface area contributed by atoms with Gasteiger partial charge in [-0.15, -0.1) is 10.2 Å². The molecule has 0 atom stereocenters. The van der Waals surface area contributed by atoms with E-state index >= 15 is 0 Å². The number of carbonyl (C=O) groups excluding carboxylic acids is 1. The molecule has 1 aromatic carbocycles. The van der Waals surface area contributed by atoms with E-state index in [1.54, 1.807) is 17.5 Å². The number of aryl methyl sites for hydroxylation is 1. The molecule has 2 aromatic heterocycles. The second kappa shape index (κ2) is 7.70. The van der Waals surface area contributed by atoms with Crippen molar-refractivity contribution in [2.75, 3.05) is 25.0 Å². The molecule has 0 spiro atoms. The highest BCUT2D eigenvalue weighted by Crippen LogP contribution is 2.27. The molecular formula is C20H23N5OS. The Morgan fingerprint density at radius 3 is 2.78 bits per heavy atom. The van der Waals surface area contributed by atoms with Crippen LogP contribution in [0.3, 0.4) is 0 Å². The molecule has 7 heteroatoms. The van der Waals surface area contributed by atoms with Crippen LogP contribution in [0.4, 0.5) is 5.82 Å². The normalized spacial score (nSPS) is 15.9. The van der Waals surface area contributed by atoms with Gasteiger partial charge in [0.2, 0.25) is 5.91 Å². The Morgan fingerprint density at radius 2 is 2.04 bits per heavy atom. The van der Waals surface area contributed by atoms with Crippen molar-refractivity contribution in [2.45, 2.75) is 26.7 Å². The lowest BCUT2D eigenvalue weighted by atomic mass is 9.99. The zero-order valence-corrected chi connectivity index (χ0v) is 16.4. The molecule has 3 heterocycles. The van der Waals surface area contributed by atoms with Gasteiger partial charge in [-0.1, -0.05) is 30.4 Å². The van der Waals surface area contributed by atoms with Crippen LogP contribution in [0.15, 0.2) is 30.5 Å². The van der Waals surface area contributed by atoms with E-state index < -0.39 is 0 Å². The summed E-state index contributed by atoms with van der Waals surface area (Å²) < 4.78 is 0. The first-order valence-corrected chi connectivity index (χ1v) is 10.1. The van der Waals surface area contributed by atoms with Gasteiger partial charge in [0, 0.05) is 17.1 Å². The molecule has 0 bridgehead atoms. The van der Waals surface area contributed by atoms with Crippen molar-refractivity contribution in [2.24, 2.45) is 5.92 Å². The second-order valence-corrected chi connectivity index (χ2v) is 8.45. The minimum Gasteiger partial charge on any atom is -0.310 e. The number of fused-ring (bicyclic) bond motifs is 1. The Labute approximate surface area is 162 Å². The summed E-state index contributed by atoms with van der Waals surface area (Å²) in [5.41, 5.74) is 1.03. The van der Waals surface area contributed by atoms with Gasteiger partial charge >= 0.3 is 0 Å². The summed E-state index contributed by atoms with van der Waals surface area (Å²) >= 11 is 1.57. The summed E-state index contributed by atoms with van der Waals surface area (Å²) in [4.78, 5) is 19.0. The maximum Gasteiger partial charge on any atom is 0.239 e. The lowest BCUT2D eigenvalue weighted by Gasteiger charge is -2.29. The molecule has 1 amide bonds. The van der Waals surface area contributed by atoms with Crippen LogP contribution >= 0.6 is 11.3 Å². The number of likely N-dealkylation sites (tertiary alicyclic amines) is 1. The Hall–Kier alpha value is -2.38. The maximum atomic E-state index is 12.4. The Balaban J connectivity index is 1.48. The number of pyridine rings is 1. The number of anilines is 1. The fourth-order valence-electron chi connectivity index (χ4n) is 3.36. The van der Waals surface area contributed by atoms with Crippen LogP contribution < -0.4 is 5.32 Å². The van der Waals surface area contributed by atoms with Crippen molar-refractivity contribution in [1.29, 1.82) is 0 Å². The van der Waals surface area contributed by atoms with Crippen molar-refractivity contribution in [3.05, 3.63) is 35.5 Å². The summed E-state index contributed by atoms with van der Waals surface area (Å²) in [6.07, 6.45) is 4.12. The first-order chi connectivity index (χ1) is 13.1. The van der Waals surface area contributed by atoms with Gasteiger partial charge in [-0.05, 0) is 56.3 Å². The van der Waals surface area contributed by atoms with Gasteiger partial charge in [0.25, 0.3) is 0 Å². The summed E-state index contributed by atoms with van der Waals surface area (Å²) in [5, 5.41) is 15.1. The number of carbonyl (C=O) groups is 1. The lowest BCUT2D eigenvalue weighted by molar-refractivity contribution is -0.117. The molecule has 4 rings (SSSR count). The van der Waals surface area contributed by atoms with E-state index in [1.165, 1.54) is 0 Å². The topological polar surface area (TPSA) is 71.0 Å². The van der Waals surface area contributed by atoms with Crippen LogP contribution in [0.25, 0.3) is 21.3 Å². The smallest absolute Gasteiger partial charge is 0.239 e. The average Bonchev–Trinajstić information content (AvgIpc) is 3.09. The third kappa shape index (κ3) is 4.31. The molecule has 1 aliphatic heterocycles. The third-order valence-corrected chi connectivity index (χ3v) is 5.89. The predicted molar refractivity (Wildman–Crippen MR) is 109 cm³/mol. The van der Waals surface area contributed by atoms with Gasteiger partial charge in [0.15, 0.2) is 0 Å². The van der Waals surface area contributed by atoms with E-state index in [-0.39, 0.29) is 5.91 Å². The van der Waals surface area contributed by atoms with Crippen LogP contribution in [-0.4, -0.2) is 45.6 Å². The van der Waals surface area contributed by atoms with Crippen molar-refractivity contribution < 1.29 is 4.79 Å². The first kappa shape index (κ1) is 18.0.